The molecule has 0 N–H and O–H groups in total. The largest absolute Gasteiger partial charge is 0.488 e. The highest BCUT2D eigenvalue weighted by Crippen LogP contribution is 2.52. The van der Waals surface area contributed by atoms with Crippen molar-refractivity contribution in [1.29, 1.82) is 0 Å². The Balaban J connectivity index is 2.50. The molecule has 1 heterocycles. The van der Waals surface area contributed by atoms with E-state index in [1.165, 1.54) is 60.5 Å². The van der Waals surface area contributed by atoms with Gasteiger partial charge < -0.3 is 66.3 Å². The molecule has 0 amide bonds. The quantitative estimate of drug-likeness (QED) is 0.0126. The monoisotopic (exact) mass is 1140 g/mol. The molecule has 0 aromatic heterocycles. The van der Waals surface area contributed by atoms with E-state index < -0.39 is 103 Å². The minimum Gasteiger partial charge on any atom is -0.488 e. The molecule has 0 saturated carbocycles. The van der Waals surface area contributed by atoms with Gasteiger partial charge in [0.15, 0.2) is 31.9 Å². The second kappa shape index (κ2) is 31.2. The maximum Gasteiger partial charge on any atom is 0.342 e. The van der Waals surface area contributed by atoms with E-state index in [4.69, 9.17) is 66.3 Å². The molecule has 20 nitrogen and oxygen atoms in total. The van der Waals surface area contributed by atoms with Crippen molar-refractivity contribution in [2.45, 2.75) is 132 Å². The van der Waals surface area contributed by atoms with Crippen molar-refractivity contribution in [3.63, 3.8) is 0 Å². The van der Waals surface area contributed by atoms with Crippen LogP contribution in [0.25, 0.3) is 10.8 Å². The minimum atomic E-state index is -1.67. The van der Waals surface area contributed by atoms with Crippen LogP contribution in [0.15, 0.2) is 49.1 Å². The lowest BCUT2D eigenvalue weighted by Gasteiger charge is -2.50. The van der Waals surface area contributed by atoms with Crippen LogP contribution < -0.4 is 18.9 Å². The molecule has 1 fully saturated rings. The zero-order valence-electron chi connectivity index (χ0n) is 50.1. The summed E-state index contributed by atoms with van der Waals surface area (Å²) >= 11 is 0. The molecule has 446 valence electrons. The van der Waals surface area contributed by atoms with Crippen LogP contribution in [0.2, 0.25) is 25.7 Å². The molecule has 21 heteroatoms. The van der Waals surface area contributed by atoms with Crippen LogP contribution in [0.1, 0.15) is 94.2 Å². The zero-order chi connectivity index (χ0) is 60.4. The van der Waals surface area contributed by atoms with Crippen LogP contribution in [0.3, 0.4) is 0 Å². The summed E-state index contributed by atoms with van der Waals surface area (Å²) in [7, 11) is 3.83. The molecular weight excluding hydrogens is 1060 g/mol. The van der Waals surface area contributed by atoms with Crippen molar-refractivity contribution in [3.8, 4) is 23.0 Å². The summed E-state index contributed by atoms with van der Waals surface area (Å²) in [5, 5.41) is 0.242. The lowest BCUT2D eigenvalue weighted by molar-refractivity contribution is -0.336. The fourth-order valence-electron chi connectivity index (χ4n) is 9.74. The Labute approximate surface area is 472 Å². The maximum absolute atomic E-state index is 15.8. The second-order valence-electron chi connectivity index (χ2n) is 21.4. The Morgan fingerprint density at radius 3 is 1.76 bits per heavy atom. The second-order valence-corrected chi connectivity index (χ2v) is 27.0. The number of esters is 5. The molecule has 0 bridgehead atoms. The predicted molar refractivity (Wildman–Crippen MR) is 301 cm³/mol. The zero-order valence-corrected chi connectivity index (χ0v) is 51.1. The average Bonchev–Trinajstić information content (AvgIpc) is 3.50. The van der Waals surface area contributed by atoms with Crippen molar-refractivity contribution in [3.05, 3.63) is 71.4 Å². The van der Waals surface area contributed by atoms with Gasteiger partial charge in [-0.2, -0.15) is 0 Å². The smallest absolute Gasteiger partial charge is 0.342 e. The molecule has 1 saturated heterocycles. The summed E-state index contributed by atoms with van der Waals surface area (Å²) in [5.41, 5.74) is 0.553. The Morgan fingerprint density at radius 2 is 1.23 bits per heavy atom. The molecule has 0 spiro atoms. The van der Waals surface area contributed by atoms with Gasteiger partial charge in [0.05, 0.1) is 36.9 Å². The fourth-order valence-corrected chi connectivity index (χ4v) is 10.5. The van der Waals surface area contributed by atoms with Gasteiger partial charge in [0.2, 0.25) is 0 Å². The number of hydrogen-bond donors (Lipinski definition) is 0. The molecule has 0 radical (unpaired) electrons. The Kier molecular flexibility index (Phi) is 26.6. The average molecular weight is 1140 g/mol. The first kappa shape index (κ1) is 68.2. The molecule has 2 aromatic rings. The number of benzene rings is 2. The Hall–Kier alpha value is -6.10. The first-order chi connectivity index (χ1) is 37.6. The normalized spacial score (nSPS) is 18.6. The van der Waals surface area contributed by atoms with Gasteiger partial charge in [0.25, 0.3) is 0 Å². The van der Waals surface area contributed by atoms with Crippen molar-refractivity contribution < 1.29 is 95.1 Å². The first-order valence-corrected chi connectivity index (χ1v) is 30.2. The van der Waals surface area contributed by atoms with Gasteiger partial charge in [-0.25, -0.2) is 9.59 Å². The van der Waals surface area contributed by atoms with Gasteiger partial charge in [-0.05, 0) is 46.2 Å². The molecular formula is C59H86O20Si. The van der Waals surface area contributed by atoms with Gasteiger partial charge in [-0.3, -0.25) is 19.2 Å². The van der Waals surface area contributed by atoms with Gasteiger partial charge in [-0.15, -0.1) is 0 Å². The van der Waals surface area contributed by atoms with Gasteiger partial charge >= 0.3 is 29.8 Å². The van der Waals surface area contributed by atoms with E-state index in [2.05, 4.69) is 32.8 Å². The van der Waals surface area contributed by atoms with Gasteiger partial charge in [0.1, 0.15) is 59.9 Å². The van der Waals surface area contributed by atoms with Crippen molar-refractivity contribution in [2.24, 2.45) is 29.6 Å². The summed E-state index contributed by atoms with van der Waals surface area (Å²) in [4.78, 5) is 83.5. The summed E-state index contributed by atoms with van der Waals surface area (Å²) in [5.74, 6) is -9.72. The van der Waals surface area contributed by atoms with Crippen molar-refractivity contribution >= 4 is 54.5 Å². The van der Waals surface area contributed by atoms with E-state index in [1.54, 1.807) is 67.5 Å². The van der Waals surface area contributed by atoms with Crippen molar-refractivity contribution in [1.82, 2.24) is 0 Å². The molecule has 3 rings (SSSR count). The molecule has 9 atom stereocenters. The van der Waals surface area contributed by atoms with E-state index in [-0.39, 0.29) is 96.2 Å². The Bertz CT molecular complexity index is 2580. The van der Waals surface area contributed by atoms with E-state index >= 15 is 4.79 Å². The van der Waals surface area contributed by atoms with E-state index in [1.807, 2.05) is 6.92 Å². The van der Waals surface area contributed by atoms with Crippen LogP contribution in [0.5, 0.6) is 23.0 Å². The summed E-state index contributed by atoms with van der Waals surface area (Å²) in [6.45, 7) is 30.5. The molecule has 0 unspecified atom stereocenters. The molecule has 0 aliphatic carbocycles. The first-order valence-electron chi connectivity index (χ1n) is 26.5. The van der Waals surface area contributed by atoms with E-state index in [9.17, 15) is 24.0 Å². The SMILES string of the molecule is C=CCOC(=O)[C@@H]([C@H](OC(C)=O)[C@H](C)[C@@H](OC(C)=O)[C@@H](C)/C=C(\C)C(=O)c1c(OCOC)c(C)c(OCC=C)c2c(OCOC)c(C(=O)OCC[Si](C)(C)C)c(C)c(OCOC)c12)[C@@H]1OC(C)(C)O[C@H]([C@H](C)/C=C\C(=O)OC)[C@H]1C. The number of carbonyl (C=O) groups excluding carboxylic acids is 6. The third-order valence-electron chi connectivity index (χ3n) is 13.3. The van der Waals surface area contributed by atoms with Crippen LogP contribution in [-0.4, -0.2) is 143 Å². The molecule has 1 aliphatic heterocycles. The van der Waals surface area contributed by atoms with Gasteiger partial charge in [-0.1, -0.05) is 84.8 Å². The highest BCUT2D eigenvalue weighted by atomic mass is 28.3. The highest BCUT2D eigenvalue weighted by molar-refractivity contribution is 6.76. The molecule has 1 aliphatic rings. The number of fused-ring (bicyclic) bond motifs is 1. The molecule has 80 heavy (non-hydrogen) atoms. The summed E-state index contributed by atoms with van der Waals surface area (Å²) in [6.07, 6.45) is 3.05. The predicted octanol–water partition coefficient (Wildman–Crippen LogP) is 9.60. The van der Waals surface area contributed by atoms with Gasteiger partial charge in [0, 0.05) is 89.5 Å². The summed E-state index contributed by atoms with van der Waals surface area (Å²) < 4.78 is 83.2. The number of ketones is 1. The highest BCUT2D eigenvalue weighted by Gasteiger charge is 2.54. The topological polar surface area (TPSA) is 232 Å². The Morgan fingerprint density at radius 1 is 0.688 bits per heavy atom. The van der Waals surface area contributed by atoms with E-state index in [0.29, 0.717) is 11.6 Å². The number of allylic oxidation sites excluding steroid dienone is 1. The van der Waals surface area contributed by atoms with Crippen LogP contribution in [0.4, 0.5) is 0 Å². The third-order valence-corrected chi connectivity index (χ3v) is 15.0. The minimum absolute atomic E-state index is 0.0132. The number of hydrogen-bond acceptors (Lipinski definition) is 20. The lowest BCUT2D eigenvalue weighted by atomic mass is 9.75. The number of Topliss-reactive ketones (excluding diaryl/α,β-unsaturated/α-hetero) is 1. The van der Waals surface area contributed by atoms with E-state index in [0.717, 1.165) is 0 Å². The van der Waals surface area contributed by atoms with Crippen LogP contribution >= 0.6 is 0 Å². The fraction of sp³-hybridized carbons (Fsp3) is 0.593. The van der Waals surface area contributed by atoms with Crippen LogP contribution in [-0.2, 0) is 66.5 Å². The number of methoxy groups -OCH3 is 4. The lowest BCUT2D eigenvalue weighted by Crippen LogP contribution is -2.59. The molecule has 2 aromatic carbocycles. The summed E-state index contributed by atoms with van der Waals surface area (Å²) in [6, 6.07) is 0.674. The number of ether oxygens (including phenoxy) is 14. The standard InChI is InChI=1S/C59H86O20Si/c1-21-25-70-53-39(9)52(74-31-67-15)45(44-46(53)56(75-32-68-16)43(36(6)51(44)73-30-66-14)57(64)72-27-28-80(18,19)20)48(63)34(4)29-35(5)49(76-40(10)60)37(7)54(77-41(11)61)47(58(65)71-26-22-2)55-38(8)50(78-59(12,13)79-55)33(3)23-24-42(62)69-17/h21-24,29,33,35,37-38,47,49-50,54-55H,1-2,25-28,30-32H2,3-20H3/b24-23-,34-29+/t33-,35+,37-,38-,47+,49+,50-,54-,55-/m1/s1. The van der Waals surface area contributed by atoms with Crippen molar-refractivity contribution in [2.75, 3.05) is 68.6 Å². The third kappa shape index (κ3) is 17.9. The number of rotatable bonds is 32. The van der Waals surface area contributed by atoms with Crippen LogP contribution in [0, 0.1) is 43.4 Å². The number of carbonyl (C=O) groups is 6. The maximum atomic E-state index is 15.8.